The molecule has 2 amide bonds. The summed E-state index contributed by atoms with van der Waals surface area (Å²) in [6, 6.07) is 9.67. The molecule has 3 aromatic rings. The van der Waals surface area contributed by atoms with Crippen LogP contribution in [0.25, 0.3) is 11.3 Å². The zero-order chi connectivity index (χ0) is 20.0. The Morgan fingerprint density at radius 2 is 2.10 bits per heavy atom. The van der Waals surface area contributed by atoms with Gasteiger partial charge in [0.05, 0.1) is 29.3 Å². The molecule has 2 bridgehead atoms. The first-order valence-electron chi connectivity index (χ1n) is 9.80. The summed E-state index contributed by atoms with van der Waals surface area (Å²) in [6.07, 6.45) is 6.06. The lowest BCUT2D eigenvalue weighted by Gasteiger charge is -2.37. The van der Waals surface area contributed by atoms with E-state index >= 15 is 0 Å². The molecule has 146 valence electrons. The van der Waals surface area contributed by atoms with Crippen molar-refractivity contribution in [3.05, 3.63) is 60.2 Å². The van der Waals surface area contributed by atoms with Crippen molar-refractivity contribution in [3.8, 4) is 11.3 Å². The lowest BCUT2D eigenvalue weighted by molar-refractivity contribution is 0.255. The van der Waals surface area contributed by atoms with Crippen LogP contribution in [0.1, 0.15) is 17.7 Å². The van der Waals surface area contributed by atoms with E-state index in [1.54, 1.807) is 18.6 Å². The van der Waals surface area contributed by atoms with E-state index < -0.39 is 0 Å². The van der Waals surface area contributed by atoms with Crippen LogP contribution >= 0.6 is 0 Å². The minimum atomic E-state index is -0.166. The molecule has 5 heterocycles. The Kier molecular flexibility index (Phi) is 4.16. The molecule has 1 N–H and O–H groups in total. The Morgan fingerprint density at radius 3 is 2.90 bits per heavy atom. The standard InChI is InChI=1S/C22H22N6O/c1-14-10-19(16-5-8-24-15(2)11-16)26-21-20(14)27-9-6-18(13-27)28(21)22(29)25-17-4-3-7-23-12-17/h3-5,7-8,10-12,18H,6,9,13H2,1-2H3,(H,25,29)/t18-/m0/s1. The summed E-state index contributed by atoms with van der Waals surface area (Å²) in [4.78, 5) is 30.7. The van der Waals surface area contributed by atoms with E-state index in [1.165, 1.54) is 0 Å². The van der Waals surface area contributed by atoms with Crippen molar-refractivity contribution in [3.63, 3.8) is 0 Å². The van der Waals surface area contributed by atoms with Crippen LogP contribution in [0.4, 0.5) is 22.0 Å². The first kappa shape index (κ1) is 17.6. The summed E-state index contributed by atoms with van der Waals surface area (Å²) in [5.41, 5.74) is 5.65. The lowest BCUT2D eigenvalue weighted by atomic mass is 10.1. The third kappa shape index (κ3) is 3.08. The quantitative estimate of drug-likeness (QED) is 0.725. The first-order chi connectivity index (χ1) is 14.1. The van der Waals surface area contributed by atoms with Crippen molar-refractivity contribution >= 4 is 23.2 Å². The molecule has 0 saturated carbocycles. The topological polar surface area (TPSA) is 74.2 Å². The van der Waals surface area contributed by atoms with Gasteiger partial charge in [0.2, 0.25) is 0 Å². The van der Waals surface area contributed by atoms with Crippen LogP contribution in [0.15, 0.2) is 48.9 Å². The summed E-state index contributed by atoms with van der Waals surface area (Å²) in [5, 5.41) is 2.98. The van der Waals surface area contributed by atoms with Crippen molar-refractivity contribution in [2.75, 3.05) is 28.2 Å². The third-order valence-corrected chi connectivity index (χ3v) is 5.56. The lowest BCUT2D eigenvalue weighted by Crippen LogP contribution is -2.48. The van der Waals surface area contributed by atoms with E-state index in [1.807, 2.05) is 36.1 Å². The summed E-state index contributed by atoms with van der Waals surface area (Å²) in [5.74, 6) is 0.726. The molecule has 1 atom stereocenters. The Labute approximate surface area is 169 Å². The Bertz CT molecular complexity index is 1080. The maximum atomic E-state index is 13.2. The minimum Gasteiger partial charge on any atom is -0.366 e. The van der Waals surface area contributed by atoms with Gasteiger partial charge < -0.3 is 10.2 Å². The highest BCUT2D eigenvalue weighted by Crippen LogP contribution is 2.42. The predicted octanol–water partition coefficient (Wildman–Crippen LogP) is 3.79. The van der Waals surface area contributed by atoms with E-state index in [4.69, 9.17) is 4.98 Å². The highest BCUT2D eigenvalue weighted by atomic mass is 16.2. The predicted molar refractivity (Wildman–Crippen MR) is 113 cm³/mol. The van der Waals surface area contributed by atoms with Gasteiger partial charge in [-0.05, 0) is 56.2 Å². The zero-order valence-corrected chi connectivity index (χ0v) is 16.5. The number of rotatable bonds is 2. The van der Waals surface area contributed by atoms with Crippen LogP contribution in [0.3, 0.4) is 0 Å². The molecule has 1 fully saturated rings. The Balaban J connectivity index is 1.59. The second-order valence-electron chi connectivity index (χ2n) is 7.61. The fourth-order valence-electron chi connectivity index (χ4n) is 4.27. The first-order valence-corrected chi connectivity index (χ1v) is 9.80. The molecule has 3 aromatic heterocycles. The van der Waals surface area contributed by atoms with Crippen LogP contribution in [0.5, 0.6) is 0 Å². The molecule has 7 nitrogen and oxygen atoms in total. The van der Waals surface area contributed by atoms with Gasteiger partial charge in [0, 0.05) is 36.7 Å². The van der Waals surface area contributed by atoms with Gasteiger partial charge in [0.15, 0.2) is 5.82 Å². The molecule has 0 radical (unpaired) electrons. The number of nitrogens with zero attached hydrogens (tertiary/aromatic N) is 5. The number of aromatic nitrogens is 3. The summed E-state index contributed by atoms with van der Waals surface area (Å²) in [7, 11) is 0. The van der Waals surface area contributed by atoms with Crippen molar-refractivity contribution in [2.45, 2.75) is 26.3 Å². The van der Waals surface area contributed by atoms with Crippen molar-refractivity contribution in [1.29, 1.82) is 0 Å². The average molecular weight is 386 g/mol. The van der Waals surface area contributed by atoms with Gasteiger partial charge in [0.1, 0.15) is 0 Å². The number of hydrogen-bond donors (Lipinski definition) is 1. The molecule has 2 aliphatic heterocycles. The van der Waals surface area contributed by atoms with Gasteiger partial charge in [-0.3, -0.25) is 14.9 Å². The van der Waals surface area contributed by atoms with Crippen LogP contribution < -0.4 is 15.1 Å². The molecule has 0 aromatic carbocycles. The molecule has 2 aliphatic rings. The van der Waals surface area contributed by atoms with Gasteiger partial charge in [-0.15, -0.1) is 0 Å². The number of urea groups is 1. The second kappa shape index (κ2) is 6.84. The molecule has 0 spiro atoms. The molecular weight excluding hydrogens is 364 g/mol. The van der Waals surface area contributed by atoms with Crippen LogP contribution in [-0.2, 0) is 0 Å². The molecule has 1 saturated heterocycles. The largest absolute Gasteiger partial charge is 0.366 e. The van der Waals surface area contributed by atoms with E-state index in [0.29, 0.717) is 5.69 Å². The molecule has 0 aliphatic carbocycles. The van der Waals surface area contributed by atoms with Crippen molar-refractivity contribution in [2.24, 2.45) is 0 Å². The highest BCUT2D eigenvalue weighted by molar-refractivity contribution is 6.05. The van der Waals surface area contributed by atoms with Crippen molar-refractivity contribution in [1.82, 2.24) is 15.0 Å². The van der Waals surface area contributed by atoms with Gasteiger partial charge in [-0.1, -0.05) is 0 Å². The molecule has 0 unspecified atom stereocenters. The van der Waals surface area contributed by atoms with Gasteiger partial charge in [-0.25, -0.2) is 9.78 Å². The SMILES string of the molecule is Cc1cc(-c2cc(C)c3c(n2)N(C(=O)Nc2cccnc2)[C@H]2CCN3C2)ccn1. The average Bonchev–Trinajstić information content (AvgIpc) is 3.12. The minimum absolute atomic E-state index is 0.112. The highest BCUT2D eigenvalue weighted by Gasteiger charge is 2.41. The molecule has 29 heavy (non-hydrogen) atoms. The van der Waals surface area contributed by atoms with Crippen LogP contribution in [-0.4, -0.2) is 40.1 Å². The van der Waals surface area contributed by atoms with Crippen LogP contribution in [0, 0.1) is 13.8 Å². The van der Waals surface area contributed by atoms with E-state index in [0.717, 1.165) is 53.5 Å². The zero-order valence-electron chi connectivity index (χ0n) is 16.5. The fourth-order valence-corrected chi connectivity index (χ4v) is 4.27. The smallest absolute Gasteiger partial charge is 0.327 e. The number of amides is 2. The van der Waals surface area contributed by atoms with E-state index in [2.05, 4.69) is 33.2 Å². The monoisotopic (exact) mass is 386 g/mol. The van der Waals surface area contributed by atoms with Crippen molar-refractivity contribution < 1.29 is 4.79 Å². The number of hydrogen-bond acceptors (Lipinski definition) is 5. The molecular formula is C22H22N6O. The summed E-state index contributed by atoms with van der Waals surface area (Å²) >= 11 is 0. The number of carbonyl (C=O) groups excluding carboxylic acids is 1. The maximum absolute atomic E-state index is 13.2. The fraction of sp³-hybridized carbons (Fsp3) is 0.273. The van der Waals surface area contributed by atoms with Gasteiger partial charge in [0.25, 0.3) is 0 Å². The van der Waals surface area contributed by atoms with Gasteiger partial charge in [-0.2, -0.15) is 0 Å². The summed E-state index contributed by atoms with van der Waals surface area (Å²) < 4.78 is 0. The number of carbonyl (C=O) groups is 1. The Morgan fingerprint density at radius 1 is 1.21 bits per heavy atom. The third-order valence-electron chi connectivity index (χ3n) is 5.56. The number of nitrogens with one attached hydrogen (secondary N) is 1. The molecule has 5 rings (SSSR count). The maximum Gasteiger partial charge on any atom is 0.327 e. The number of fused-ring (bicyclic) bond motifs is 4. The van der Waals surface area contributed by atoms with Crippen LogP contribution in [0.2, 0.25) is 0 Å². The Hall–Kier alpha value is -3.48. The number of pyridine rings is 3. The summed E-state index contributed by atoms with van der Waals surface area (Å²) in [6.45, 7) is 5.83. The number of anilines is 3. The number of aryl methyl sites for hydroxylation is 2. The van der Waals surface area contributed by atoms with Gasteiger partial charge >= 0.3 is 6.03 Å². The molecule has 7 heteroatoms. The van der Waals surface area contributed by atoms with E-state index in [9.17, 15) is 4.79 Å². The normalized spacial score (nSPS) is 17.2. The second-order valence-corrected chi connectivity index (χ2v) is 7.61. The van der Waals surface area contributed by atoms with E-state index in [-0.39, 0.29) is 12.1 Å².